The molecule has 0 unspecified atom stereocenters. The number of anilines is 2. The first kappa shape index (κ1) is 18.9. The Morgan fingerprint density at radius 2 is 1.72 bits per heavy atom. The molecule has 2 amide bonds. The number of hydrogen-bond acceptors (Lipinski definition) is 5. The van der Waals surface area contributed by atoms with E-state index in [1.165, 1.54) is 17.0 Å². The van der Waals surface area contributed by atoms with Crippen LogP contribution in [0.1, 0.15) is 5.56 Å². The van der Waals surface area contributed by atoms with Gasteiger partial charge in [-0.2, -0.15) is 0 Å². The first-order valence-corrected chi connectivity index (χ1v) is 9.04. The van der Waals surface area contributed by atoms with Crippen molar-refractivity contribution in [2.75, 3.05) is 36.4 Å². The number of amides is 2. The highest BCUT2D eigenvalue weighted by Crippen LogP contribution is 2.29. The van der Waals surface area contributed by atoms with Crippen molar-refractivity contribution in [3.63, 3.8) is 0 Å². The van der Waals surface area contributed by atoms with Gasteiger partial charge in [0.15, 0.2) is 11.6 Å². The molecule has 1 fully saturated rings. The Hall–Kier alpha value is -3.49. The average Bonchev–Trinajstić information content (AvgIpc) is 3.09. The van der Waals surface area contributed by atoms with Crippen molar-refractivity contribution in [3.05, 3.63) is 53.6 Å². The highest BCUT2D eigenvalue weighted by atomic mass is 19.2. The minimum absolute atomic E-state index is 0.185. The Bertz CT molecular complexity index is 1000. The summed E-state index contributed by atoms with van der Waals surface area (Å²) in [5, 5.41) is 2.51. The zero-order valence-corrected chi connectivity index (χ0v) is 15.3. The monoisotopic (exact) mass is 401 g/mol. The van der Waals surface area contributed by atoms with Gasteiger partial charge in [0.05, 0.1) is 6.42 Å². The molecule has 0 bridgehead atoms. The number of esters is 1. The number of benzene rings is 2. The molecule has 150 valence electrons. The third-order valence-corrected chi connectivity index (χ3v) is 4.91. The van der Waals surface area contributed by atoms with Gasteiger partial charge in [-0.05, 0) is 18.2 Å². The van der Waals surface area contributed by atoms with Gasteiger partial charge in [-0.1, -0.05) is 6.07 Å². The normalized spacial score (nSPS) is 15.7. The molecular weight excluding hydrogens is 384 g/mol. The maximum atomic E-state index is 13.4. The standard InChI is InChI=1S/C20H17F2N3O4/c21-15-4-3-14(11-16(15)22)24-5-7-25(8-6-24)20(28)19(27)23-13-2-1-12-9-18(26)29-17(12)10-13/h1-4,10-11H,5-9H2,(H,23,27). The number of ether oxygens (including phenoxy) is 1. The smallest absolute Gasteiger partial charge is 0.315 e. The second-order valence-corrected chi connectivity index (χ2v) is 6.81. The SMILES string of the molecule is O=C1Cc2ccc(NC(=O)C(=O)N3CCN(c4ccc(F)c(F)c4)CC3)cc2O1. The lowest BCUT2D eigenvalue weighted by molar-refractivity contribution is -0.143. The summed E-state index contributed by atoms with van der Waals surface area (Å²) in [4.78, 5) is 39.2. The van der Waals surface area contributed by atoms with E-state index < -0.39 is 23.4 Å². The minimum atomic E-state index is -0.930. The van der Waals surface area contributed by atoms with Crippen LogP contribution in [0.3, 0.4) is 0 Å². The highest BCUT2D eigenvalue weighted by molar-refractivity contribution is 6.39. The Labute approximate surface area is 164 Å². The summed E-state index contributed by atoms with van der Waals surface area (Å²) in [6.45, 7) is 1.32. The molecule has 2 aromatic rings. The van der Waals surface area contributed by atoms with E-state index in [1.807, 2.05) is 4.90 Å². The number of hydrogen-bond donors (Lipinski definition) is 1. The lowest BCUT2D eigenvalue weighted by atomic mass is 10.1. The Morgan fingerprint density at radius 1 is 0.966 bits per heavy atom. The van der Waals surface area contributed by atoms with Crippen LogP contribution in [0.5, 0.6) is 5.75 Å². The summed E-state index contributed by atoms with van der Waals surface area (Å²) < 4.78 is 31.5. The molecule has 29 heavy (non-hydrogen) atoms. The third kappa shape index (κ3) is 3.89. The summed E-state index contributed by atoms with van der Waals surface area (Å²) in [5.41, 5.74) is 1.61. The van der Waals surface area contributed by atoms with Crippen LogP contribution < -0.4 is 15.0 Å². The molecule has 0 aliphatic carbocycles. The average molecular weight is 401 g/mol. The predicted octanol–water partition coefficient (Wildman–Crippen LogP) is 1.71. The zero-order valence-electron chi connectivity index (χ0n) is 15.3. The number of fused-ring (bicyclic) bond motifs is 1. The summed E-state index contributed by atoms with van der Waals surface area (Å²) in [6.07, 6.45) is 0.185. The van der Waals surface area contributed by atoms with Gasteiger partial charge in [0.1, 0.15) is 5.75 Å². The summed E-state index contributed by atoms with van der Waals surface area (Å²) in [7, 11) is 0. The van der Waals surface area contributed by atoms with Crippen molar-refractivity contribution < 1.29 is 27.9 Å². The fraction of sp³-hybridized carbons (Fsp3) is 0.250. The van der Waals surface area contributed by atoms with Gasteiger partial charge in [0.25, 0.3) is 0 Å². The van der Waals surface area contributed by atoms with Crippen molar-refractivity contribution in [3.8, 4) is 5.75 Å². The predicted molar refractivity (Wildman–Crippen MR) is 99.6 cm³/mol. The molecule has 0 spiro atoms. The van der Waals surface area contributed by atoms with Crippen molar-refractivity contribution >= 4 is 29.2 Å². The van der Waals surface area contributed by atoms with Crippen molar-refractivity contribution in [1.29, 1.82) is 0 Å². The van der Waals surface area contributed by atoms with Crippen LogP contribution in [0.15, 0.2) is 36.4 Å². The van der Waals surface area contributed by atoms with Gasteiger partial charge in [-0.25, -0.2) is 8.78 Å². The molecule has 0 saturated carbocycles. The van der Waals surface area contributed by atoms with Gasteiger partial charge in [0, 0.05) is 55.2 Å². The first-order chi connectivity index (χ1) is 13.9. The maximum absolute atomic E-state index is 13.4. The van der Waals surface area contributed by atoms with E-state index in [0.717, 1.165) is 17.7 Å². The van der Waals surface area contributed by atoms with Crippen LogP contribution in [-0.4, -0.2) is 48.9 Å². The van der Waals surface area contributed by atoms with Crippen LogP contribution in [0.4, 0.5) is 20.2 Å². The minimum Gasteiger partial charge on any atom is -0.426 e. The molecule has 4 rings (SSSR count). The molecular formula is C20H17F2N3O4. The number of piperazine rings is 1. The van der Waals surface area contributed by atoms with E-state index in [4.69, 9.17) is 4.74 Å². The number of carbonyl (C=O) groups is 3. The fourth-order valence-corrected chi connectivity index (χ4v) is 3.37. The van der Waals surface area contributed by atoms with Crippen molar-refractivity contribution in [2.24, 2.45) is 0 Å². The van der Waals surface area contributed by atoms with Crippen LogP contribution in [0.25, 0.3) is 0 Å². The van der Waals surface area contributed by atoms with Gasteiger partial charge in [-0.3, -0.25) is 14.4 Å². The lowest BCUT2D eigenvalue weighted by Gasteiger charge is -2.35. The molecule has 2 aromatic carbocycles. The molecule has 1 saturated heterocycles. The quantitative estimate of drug-likeness (QED) is 0.471. The number of rotatable bonds is 2. The molecule has 9 heteroatoms. The van der Waals surface area contributed by atoms with E-state index in [2.05, 4.69) is 5.32 Å². The second kappa shape index (κ2) is 7.50. The molecule has 0 radical (unpaired) electrons. The number of nitrogens with one attached hydrogen (secondary N) is 1. The van der Waals surface area contributed by atoms with E-state index in [1.54, 1.807) is 12.1 Å². The summed E-state index contributed by atoms with van der Waals surface area (Å²) in [6, 6.07) is 8.42. The third-order valence-electron chi connectivity index (χ3n) is 4.91. The largest absolute Gasteiger partial charge is 0.426 e. The van der Waals surface area contributed by atoms with Gasteiger partial charge < -0.3 is 19.9 Å². The van der Waals surface area contributed by atoms with E-state index in [-0.39, 0.29) is 25.5 Å². The van der Waals surface area contributed by atoms with Crippen LogP contribution in [0.2, 0.25) is 0 Å². The Balaban J connectivity index is 1.34. The van der Waals surface area contributed by atoms with Gasteiger partial charge in [0.2, 0.25) is 0 Å². The molecule has 0 atom stereocenters. The molecule has 2 aliphatic rings. The van der Waals surface area contributed by atoms with E-state index in [0.29, 0.717) is 30.2 Å². The highest BCUT2D eigenvalue weighted by Gasteiger charge is 2.27. The molecule has 2 aliphatic heterocycles. The Kier molecular flexibility index (Phi) is 4.87. The number of carbonyl (C=O) groups excluding carboxylic acids is 3. The summed E-state index contributed by atoms with van der Waals surface area (Å²) >= 11 is 0. The maximum Gasteiger partial charge on any atom is 0.315 e. The topological polar surface area (TPSA) is 79.0 Å². The van der Waals surface area contributed by atoms with Crippen LogP contribution in [-0.2, 0) is 20.8 Å². The van der Waals surface area contributed by atoms with Gasteiger partial charge in [-0.15, -0.1) is 0 Å². The summed E-state index contributed by atoms with van der Waals surface area (Å²) in [5.74, 6) is -3.32. The molecule has 1 N–H and O–H groups in total. The Morgan fingerprint density at radius 3 is 2.45 bits per heavy atom. The van der Waals surface area contributed by atoms with Crippen LogP contribution >= 0.6 is 0 Å². The van der Waals surface area contributed by atoms with E-state index >= 15 is 0 Å². The number of nitrogens with zero attached hydrogens (tertiary/aromatic N) is 2. The van der Waals surface area contributed by atoms with Crippen LogP contribution in [0, 0.1) is 11.6 Å². The molecule has 7 nitrogen and oxygen atoms in total. The second-order valence-electron chi connectivity index (χ2n) is 6.81. The first-order valence-electron chi connectivity index (χ1n) is 9.04. The number of halogens is 2. The zero-order chi connectivity index (χ0) is 20.5. The molecule has 0 aromatic heterocycles. The lowest BCUT2D eigenvalue weighted by Crippen LogP contribution is -2.51. The van der Waals surface area contributed by atoms with Crippen molar-refractivity contribution in [1.82, 2.24) is 4.90 Å². The van der Waals surface area contributed by atoms with E-state index in [9.17, 15) is 23.2 Å². The van der Waals surface area contributed by atoms with Crippen molar-refractivity contribution in [2.45, 2.75) is 6.42 Å². The molecule has 2 heterocycles. The fourth-order valence-electron chi connectivity index (χ4n) is 3.37. The van der Waals surface area contributed by atoms with Gasteiger partial charge >= 0.3 is 17.8 Å².